The summed E-state index contributed by atoms with van der Waals surface area (Å²) in [6.07, 6.45) is 1.68. The van der Waals surface area contributed by atoms with Crippen molar-refractivity contribution < 1.29 is 9.53 Å². The van der Waals surface area contributed by atoms with Gasteiger partial charge in [0.05, 0.1) is 6.61 Å². The van der Waals surface area contributed by atoms with E-state index in [9.17, 15) is 4.79 Å². The number of halogens is 2. The first-order valence-electron chi connectivity index (χ1n) is 7.39. The number of rotatable bonds is 8. The molecule has 1 atom stereocenters. The molecule has 2 rings (SSSR count). The molecule has 0 spiro atoms. The third kappa shape index (κ3) is 6.15. The smallest absolute Gasteiger partial charge is 0.327 e. The van der Waals surface area contributed by atoms with Crippen LogP contribution in [0.15, 0.2) is 41.8 Å². The molecule has 1 heterocycles. The molecule has 2 aromatic rings. The second-order valence-corrected chi connectivity index (χ2v) is 6.34. The van der Waals surface area contributed by atoms with Crippen molar-refractivity contribution in [3.8, 4) is 0 Å². The van der Waals surface area contributed by atoms with Gasteiger partial charge in [-0.25, -0.2) is 4.79 Å². The molecule has 0 aliphatic heterocycles. The van der Waals surface area contributed by atoms with E-state index >= 15 is 0 Å². The van der Waals surface area contributed by atoms with Gasteiger partial charge >= 0.3 is 5.97 Å². The lowest BCUT2D eigenvalue weighted by Gasteiger charge is -2.19. The van der Waals surface area contributed by atoms with Gasteiger partial charge < -0.3 is 10.1 Å². The van der Waals surface area contributed by atoms with E-state index in [2.05, 4.69) is 16.8 Å². The molecule has 0 aliphatic carbocycles. The maximum atomic E-state index is 12.3. The summed E-state index contributed by atoms with van der Waals surface area (Å²) in [5, 5.41) is 5.90. The first kappa shape index (κ1) is 20.0. The van der Waals surface area contributed by atoms with Crippen molar-refractivity contribution in [1.82, 2.24) is 5.32 Å². The van der Waals surface area contributed by atoms with Crippen LogP contribution in [0, 0.1) is 0 Å². The molecular weight excluding hydrogens is 353 g/mol. The highest BCUT2D eigenvalue weighted by Gasteiger charge is 2.23. The Kier molecular flexibility index (Phi) is 9.26. The number of hydrogen-bond acceptors (Lipinski definition) is 4. The monoisotopic (exact) mass is 373 g/mol. The molecule has 23 heavy (non-hydrogen) atoms. The van der Waals surface area contributed by atoms with Crippen molar-refractivity contribution in [1.29, 1.82) is 0 Å². The van der Waals surface area contributed by atoms with Gasteiger partial charge in [0.15, 0.2) is 0 Å². The number of carbonyl (C=O) groups is 1. The number of thiophene rings is 1. The fourth-order valence-electron chi connectivity index (χ4n) is 2.11. The van der Waals surface area contributed by atoms with Crippen LogP contribution < -0.4 is 5.32 Å². The standard InChI is InChI=1S/C17H20ClNO2S.ClH/c1-2-11-21-17(20)16(14-7-3-4-8-15(14)18)19-10-9-13-6-5-12-22-13;/h3-8,12,16,19H,2,9-11H2,1H3;1H. The topological polar surface area (TPSA) is 38.3 Å². The van der Waals surface area contributed by atoms with Crippen LogP contribution in [0.1, 0.15) is 29.8 Å². The molecule has 6 heteroatoms. The predicted molar refractivity (Wildman–Crippen MR) is 98.7 cm³/mol. The third-order valence-electron chi connectivity index (χ3n) is 3.20. The van der Waals surface area contributed by atoms with Gasteiger partial charge in [-0.3, -0.25) is 0 Å². The zero-order valence-corrected chi connectivity index (χ0v) is 15.3. The van der Waals surface area contributed by atoms with E-state index < -0.39 is 6.04 Å². The van der Waals surface area contributed by atoms with Crippen LogP contribution in [0.2, 0.25) is 5.02 Å². The highest BCUT2D eigenvalue weighted by molar-refractivity contribution is 7.09. The summed E-state index contributed by atoms with van der Waals surface area (Å²) >= 11 is 7.94. The Bertz CT molecular complexity index is 590. The SMILES string of the molecule is CCCOC(=O)C(NCCc1cccs1)c1ccccc1Cl.Cl. The summed E-state index contributed by atoms with van der Waals surface area (Å²) in [6.45, 7) is 3.09. The molecule has 0 radical (unpaired) electrons. The average Bonchev–Trinajstić information content (AvgIpc) is 3.03. The number of carbonyl (C=O) groups excluding carboxylic acids is 1. The van der Waals surface area contributed by atoms with Gasteiger partial charge in [0.2, 0.25) is 0 Å². The molecule has 1 aromatic carbocycles. The molecule has 1 N–H and O–H groups in total. The largest absolute Gasteiger partial charge is 0.464 e. The van der Waals surface area contributed by atoms with Crippen molar-refractivity contribution in [3.63, 3.8) is 0 Å². The van der Waals surface area contributed by atoms with E-state index in [0.717, 1.165) is 18.4 Å². The van der Waals surface area contributed by atoms with Crippen LogP contribution >= 0.6 is 35.3 Å². The Balaban J connectivity index is 0.00000264. The van der Waals surface area contributed by atoms with Crippen molar-refractivity contribution >= 4 is 41.3 Å². The van der Waals surface area contributed by atoms with Gasteiger partial charge in [-0.15, -0.1) is 23.7 Å². The van der Waals surface area contributed by atoms with E-state index in [4.69, 9.17) is 16.3 Å². The Morgan fingerprint density at radius 1 is 1.30 bits per heavy atom. The minimum Gasteiger partial charge on any atom is -0.464 e. The molecule has 3 nitrogen and oxygen atoms in total. The molecule has 1 unspecified atom stereocenters. The lowest BCUT2D eigenvalue weighted by Crippen LogP contribution is -2.32. The predicted octanol–water partition coefficient (Wildman–Crippen LogP) is 4.65. The van der Waals surface area contributed by atoms with Crippen LogP contribution in [0.5, 0.6) is 0 Å². The Hall–Kier alpha value is -1.07. The van der Waals surface area contributed by atoms with Gasteiger partial charge in [-0.1, -0.05) is 42.8 Å². The number of ether oxygens (including phenoxy) is 1. The summed E-state index contributed by atoms with van der Waals surface area (Å²) in [4.78, 5) is 13.6. The van der Waals surface area contributed by atoms with Crippen molar-refractivity contribution in [2.75, 3.05) is 13.2 Å². The minimum atomic E-state index is -0.528. The fraction of sp³-hybridized carbons (Fsp3) is 0.353. The van der Waals surface area contributed by atoms with Crippen LogP contribution in [-0.2, 0) is 16.0 Å². The van der Waals surface area contributed by atoms with E-state index in [0.29, 0.717) is 18.2 Å². The average molecular weight is 374 g/mol. The van der Waals surface area contributed by atoms with Crippen molar-refractivity contribution in [2.24, 2.45) is 0 Å². The normalized spacial score (nSPS) is 11.6. The Labute approximate surface area is 152 Å². The number of hydrogen-bond donors (Lipinski definition) is 1. The van der Waals surface area contributed by atoms with Crippen LogP contribution in [0.4, 0.5) is 0 Å². The number of benzene rings is 1. The van der Waals surface area contributed by atoms with Crippen LogP contribution in [-0.4, -0.2) is 19.1 Å². The Morgan fingerprint density at radius 2 is 2.09 bits per heavy atom. The zero-order chi connectivity index (χ0) is 15.8. The maximum absolute atomic E-state index is 12.3. The molecule has 0 amide bonds. The number of nitrogens with one attached hydrogen (secondary N) is 1. The molecule has 1 aromatic heterocycles. The Morgan fingerprint density at radius 3 is 2.74 bits per heavy atom. The molecule has 0 bridgehead atoms. The highest BCUT2D eigenvalue weighted by atomic mass is 35.5. The van der Waals surface area contributed by atoms with Gasteiger partial charge in [-0.2, -0.15) is 0 Å². The highest BCUT2D eigenvalue weighted by Crippen LogP contribution is 2.24. The molecule has 0 aliphatic rings. The number of esters is 1. The first-order valence-corrected chi connectivity index (χ1v) is 8.65. The summed E-state index contributed by atoms with van der Waals surface area (Å²) in [7, 11) is 0. The van der Waals surface area contributed by atoms with Crippen molar-refractivity contribution in [2.45, 2.75) is 25.8 Å². The lowest BCUT2D eigenvalue weighted by molar-refractivity contribution is -0.146. The second kappa shape index (κ2) is 10.7. The molecule has 0 saturated carbocycles. The van der Waals surface area contributed by atoms with Crippen molar-refractivity contribution in [3.05, 3.63) is 57.2 Å². The quantitative estimate of drug-likeness (QED) is 0.684. The summed E-state index contributed by atoms with van der Waals surface area (Å²) in [5.74, 6) is -0.277. The third-order valence-corrected chi connectivity index (χ3v) is 4.48. The molecule has 0 saturated heterocycles. The maximum Gasteiger partial charge on any atom is 0.327 e. The zero-order valence-electron chi connectivity index (χ0n) is 13.0. The van der Waals surface area contributed by atoms with Gasteiger partial charge in [-0.05, 0) is 35.9 Å². The minimum absolute atomic E-state index is 0. The van der Waals surface area contributed by atoms with Crippen LogP contribution in [0.25, 0.3) is 0 Å². The molecule has 0 fully saturated rings. The van der Waals surface area contributed by atoms with E-state index in [1.54, 1.807) is 17.4 Å². The van der Waals surface area contributed by atoms with Gasteiger partial charge in [0.1, 0.15) is 6.04 Å². The molecular formula is C17H21Cl2NO2S. The second-order valence-electron chi connectivity index (χ2n) is 4.91. The first-order chi connectivity index (χ1) is 10.7. The fourth-order valence-corrected chi connectivity index (χ4v) is 3.06. The van der Waals surface area contributed by atoms with Crippen LogP contribution in [0.3, 0.4) is 0 Å². The van der Waals surface area contributed by atoms with E-state index in [1.807, 2.05) is 31.2 Å². The molecule has 126 valence electrons. The summed E-state index contributed by atoms with van der Waals surface area (Å²) in [5.41, 5.74) is 0.761. The van der Waals surface area contributed by atoms with E-state index in [-0.39, 0.29) is 18.4 Å². The summed E-state index contributed by atoms with van der Waals surface area (Å²) < 4.78 is 5.29. The van der Waals surface area contributed by atoms with E-state index in [1.165, 1.54) is 4.88 Å². The summed E-state index contributed by atoms with van der Waals surface area (Å²) in [6, 6.07) is 11.0. The lowest BCUT2D eigenvalue weighted by atomic mass is 10.1. The van der Waals surface area contributed by atoms with Gasteiger partial charge in [0.25, 0.3) is 0 Å². The van der Waals surface area contributed by atoms with Gasteiger partial charge in [0, 0.05) is 16.4 Å².